The van der Waals surface area contributed by atoms with Crippen LogP contribution in [0.25, 0.3) is 0 Å². The second kappa shape index (κ2) is 7.11. The molecule has 8 heteroatoms. The smallest absolute Gasteiger partial charge is 0.255 e. The van der Waals surface area contributed by atoms with E-state index in [4.69, 9.17) is 0 Å². The van der Waals surface area contributed by atoms with E-state index in [1.54, 1.807) is 4.90 Å². The quantitative estimate of drug-likeness (QED) is 0.718. The lowest BCUT2D eigenvalue weighted by Crippen LogP contribution is -2.59. The first-order valence-corrected chi connectivity index (χ1v) is 11.6. The molecule has 2 heterocycles. The third-order valence-corrected chi connectivity index (χ3v) is 8.18. The average Bonchev–Trinajstić information content (AvgIpc) is 3.31. The Kier molecular flexibility index (Phi) is 4.98. The van der Waals surface area contributed by atoms with Crippen LogP contribution in [0.4, 0.5) is 0 Å². The van der Waals surface area contributed by atoms with Crippen molar-refractivity contribution in [3.8, 4) is 0 Å². The van der Waals surface area contributed by atoms with E-state index in [1.165, 1.54) is 25.7 Å². The summed E-state index contributed by atoms with van der Waals surface area (Å²) in [5.74, 6) is 0.476. The lowest BCUT2D eigenvalue weighted by Gasteiger charge is -2.40. The summed E-state index contributed by atoms with van der Waals surface area (Å²) in [7, 11) is -3.52. The molecule has 4 fully saturated rings. The van der Waals surface area contributed by atoms with Crippen molar-refractivity contribution in [1.29, 1.82) is 0 Å². The van der Waals surface area contributed by atoms with Crippen LogP contribution in [-0.2, 0) is 19.6 Å². The number of fused-ring (bicyclic) bond motifs is 1. The Bertz CT molecular complexity index is 670. The van der Waals surface area contributed by atoms with Gasteiger partial charge >= 0.3 is 0 Å². The van der Waals surface area contributed by atoms with Crippen molar-refractivity contribution in [2.45, 2.75) is 63.5 Å². The Morgan fingerprint density at radius 3 is 2.46 bits per heavy atom. The largest absolute Gasteiger partial charge is 0.339 e. The maximum Gasteiger partial charge on any atom is 0.255 e. The topological polar surface area (TPSA) is 78.0 Å². The molecule has 4 rings (SSSR count). The maximum atomic E-state index is 13.0. The first-order valence-electron chi connectivity index (χ1n) is 10.0. The zero-order chi connectivity index (χ0) is 18.3. The van der Waals surface area contributed by atoms with Crippen LogP contribution >= 0.6 is 0 Å². The van der Waals surface area contributed by atoms with Crippen LogP contribution in [0.15, 0.2) is 0 Å². The summed E-state index contributed by atoms with van der Waals surface area (Å²) in [5.41, 5.74) is 0. The molecule has 1 atom stereocenters. The second-order valence-corrected chi connectivity index (χ2v) is 10.2. The monoisotopic (exact) mass is 383 g/mol. The van der Waals surface area contributed by atoms with Gasteiger partial charge < -0.3 is 4.90 Å². The van der Waals surface area contributed by atoms with Crippen LogP contribution in [0.5, 0.6) is 0 Å². The van der Waals surface area contributed by atoms with Gasteiger partial charge in [-0.05, 0) is 25.2 Å². The standard InChI is InChI=1S/C18H29N3O4S/c22-17(8-5-14-3-1-2-4-14)20-10-9-19-11-12-26(24,25)21(15-6-7-15)18(23)16(19)13-20/h14-16H,1-13H2/t16-/m0/s1. The summed E-state index contributed by atoms with van der Waals surface area (Å²) < 4.78 is 26.1. The van der Waals surface area contributed by atoms with E-state index in [2.05, 4.69) is 0 Å². The molecule has 2 saturated heterocycles. The summed E-state index contributed by atoms with van der Waals surface area (Å²) in [4.78, 5) is 29.4. The molecule has 2 saturated carbocycles. The Morgan fingerprint density at radius 1 is 1.04 bits per heavy atom. The molecule has 0 unspecified atom stereocenters. The van der Waals surface area contributed by atoms with Gasteiger partial charge in [0, 0.05) is 38.6 Å². The molecule has 7 nitrogen and oxygen atoms in total. The van der Waals surface area contributed by atoms with E-state index < -0.39 is 16.1 Å². The number of carbonyl (C=O) groups is 2. The van der Waals surface area contributed by atoms with Crippen LogP contribution < -0.4 is 0 Å². The minimum Gasteiger partial charge on any atom is -0.339 e. The molecular formula is C18H29N3O4S. The molecule has 0 spiro atoms. The molecule has 0 aromatic heterocycles. The van der Waals surface area contributed by atoms with E-state index in [0.717, 1.165) is 23.6 Å². The fraction of sp³-hybridized carbons (Fsp3) is 0.889. The normalized spacial score (nSPS) is 30.3. The number of hydrogen-bond donors (Lipinski definition) is 0. The Hall–Kier alpha value is -1.15. The highest BCUT2D eigenvalue weighted by Gasteiger charge is 2.48. The highest BCUT2D eigenvalue weighted by Crippen LogP contribution is 2.33. The second-order valence-electron chi connectivity index (χ2n) is 8.26. The van der Waals surface area contributed by atoms with Crippen LogP contribution in [0.1, 0.15) is 51.4 Å². The lowest BCUT2D eigenvalue weighted by molar-refractivity contribution is -0.140. The predicted molar refractivity (Wildman–Crippen MR) is 96.8 cm³/mol. The van der Waals surface area contributed by atoms with Crippen molar-refractivity contribution >= 4 is 21.8 Å². The molecule has 2 aliphatic heterocycles. The van der Waals surface area contributed by atoms with Crippen molar-refractivity contribution in [1.82, 2.24) is 14.1 Å². The molecular weight excluding hydrogens is 354 g/mol. The predicted octanol–water partition coefficient (Wildman–Crippen LogP) is 0.804. The van der Waals surface area contributed by atoms with Crippen LogP contribution in [0.3, 0.4) is 0 Å². The van der Waals surface area contributed by atoms with E-state index in [1.807, 2.05) is 4.90 Å². The van der Waals surface area contributed by atoms with Crippen molar-refractivity contribution in [3.63, 3.8) is 0 Å². The average molecular weight is 384 g/mol. The Morgan fingerprint density at radius 2 is 1.77 bits per heavy atom. The lowest BCUT2D eigenvalue weighted by atomic mass is 10.0. The van der Waals surface area contributed by atoms with Gasteiger partial charge in [0.2, 0.25) is 15.9 Å². The minimum atomic E-state index is -3.52. The van der Waals surface area contributed by atoms with Crippen LogP contribution in [0.2, 0.25) is 0 Å². The highest BCUT2D eigenvalue weighted by atomic mass is 32.2. The number of piperazine rings is 1. The van der Waals surface area contributed by atoms with Gasteiger partial charge in [0.1, 0.15) is 6.04 Å². The van der Waals surface area contributed by atoms with Gasteiger partial charge in [-0.3, -0.25) is 14.5 Å². The molecule has 146 valence electrons. The highest BCUT2D eigenvalue weighted by molar-refractivity contribution is 7.89. The fourth-order valence-electron chi connectivity index (χ4n) is 4.66. The van der Waals surface area contributed by atoms with Crippen LogP contribution in [0, 0.1) is 5.92 Å². The van der Waals surface area contributed by atoms with Gasteiger partial charge in [0.15, 0.2) is 0 Å². The summed E-state index contributed by atoms with van der Waals surface area (Å²) in [6, 6.07) is -0.655. The number of carbonyl (C=O) groups excluding carboxylic acids is 2. The number of rotatable bonds is 4. The van der Waals surface area contributed by atoms with E-state index in [-0.39, 0.29) is 23.6 Å². The molecule has 0 N–H and O–H groups in total. The third-order valence-electron chi connectivity index (χ3n) is 6.40. The van der Waals surface area contributed by atoms with Gasteiger partial charge in [-0.1, -0.05) is 25.7 Å². The van der Waals surface area contributed by atoms with Crippen LogP contribution in [-0.4, -0.2) is 78.4 Å². The van der Waals surface area contributed by atoms with Gasteiger partial charge in [-0.15, -0.1) is 0 Å². The van der Waals surface area contributed by atoms with E-state index in [9.17, 15) is 18.0 Å². The minimum absolute atomic E-state index is 0.00136. The molecule has 0 bridgehead atoms. The van der Waals surface area contributed by atoms with E-state index >= 15 is 0 Å². The van der Waals surface area contributed by atoms with Gasteiger partial charge in [-0.25, -0.2) is 12.7 Å². The zero-order valence-corrected chi connectivity index (χ0v) is 16.1. The molecule has 0 aromatic carbocycles. The van der Waals surface area contributed by atoms with Gasteiger partial charge in [0.25, 0.3) is 5.91 Å². The number of hydrogen-bond acceptors (Lipinski definition) is 5. The molecule has 2 amide bonds. The maximum absolute atomic E-state index is 13.0. The van der Waals surface area contributed by atoms with Crippen molar-refractivity contribution in [2.24, 2.45) is 5.92 Å². The summed E-state index contributed by atoms with van der Waals surface area (Å²) in [6.07, 6.45) is 8.05. The number of sulfonamides is 1. The molecule has 4 aliphatic rings. The fourth-order valence-corrected chi connectivity index (χ4v) is 6.39. The summed E-state index contributed by atoms with van der Waals surface area (Å²) >= 11 is 0. The Balaban J connectivity index is 1.42. The van der Waals surface area contributed by atoms with Crippen molar-refractivity contribution < 1.29 is 18.0 Å². The van der Waals surface area contributed by atoms with Gasteiger partial charge in [0.05, 0.1) is 5.75 Å². The first kappa shape index (κ1) is 18.2. The SMILES string of the molecule is O=C(CCC1CCCC1)N1CCN2CCS(=O)(=O)N(C3CC3)C(=O)[C@@H]2C1. The third kappa shape index (κ3) is 3.63. The Labute approximate surface area is 155 Å². The molecule has 26 heavy (non-hydrogen) atoms. The van der Waals surface area contributed by atoms with Crippen molar-refractivity contribution in [2.75, 3.05) is 31.9 Å². The number of amides is 2. The summed E-state index contributed by atoms with van der Waals surface area (Å²) in [5, 5.41) is 0. The first-order chi connectivity index (χ1) is 12.5. The van der Waals surface area contributed by atoms with Gasteiger partial charge in [-0.2, -0.15) is 0 Å². The molecule has 0 radical (unpaired) electrons. The van der Waals surface area contributed by atoms with E-state index in [0.29, 0.717) is 38.5 Å². The zero-order valence-electron chi connectivity index (χ0n) is 15.3. The molecule has 2 aliphatic carbocycles. The summed E-state index contributed by atoms with van der Waals surface area (Å²) in [6.45, 7) is 1.89. The van der Waals surface area contributed by atoms with Crippen molar-refractivity contribution in [3.05, 3.63) is 0 Å². The molecule has 0 aromatic rings. The number of nitrogens with zero attached hydrogens (tertiary/aromatic N) is 3.